The molecule has 0 saturated carbocycles. The molecule has 3 heterocycles. The number of aromatic nitrogens is 3. The number of nitrogens with one attached hydrogen (secondary N) is 1. The van der Waals surface area contributed by atoms with E-state index >= 15 is 4.39 Å². The van der Waals surface area contributed by atoms with Gasteiger partial charge in [-0.3, -0.25) is 9.78 Å². The summed E-state index contributed by atoms with van der Waals surface area (Å²) >= 11 is 0. The van der Waals surface area contributed by atoms with Crippen molar-refractivity contribution in [1.82, 2.24) is 15.0 Å². The lowest BCUT2D eigenvalue weighted by Gasteiger charge is -2.15. The molecule has 0 fully saturated rings. The SMILES string of the molecule is COc1ncc(NC(=O)Cc2ccc(-c3cnc4c(c3)C=C(c3ccnc(C#N)c3)C4)cc2F)cc1C(C)(F)F. The first-order valence-corrected chi connectivity index (χ1v) is 12.2. The number of rotatable bonds is 7. The second-order valence-electron chi connectivity index (χ2n) is 9.35. The van der Waals surface area contributed by atoms with Crippen LogP contribution < -0.4 is 10.1 Å². The van der Waals surface area contributed by atoms with Gasteiger partial charge in [0.25, 0.3) is 5.92 Å². The quantitative estimate of drug-likeness (QED) is 0.311. The standard InChI is InChI=1S/C30H22F3N5O2/c1-30(32,33)25-13-24(16-37-29(25)40-2)38-28(39)12-19-4-3-17(10-26(19)31)22-8-21-7-20(11-27(21)36-15-22)18-5-6-35-23(9-18)14-34/h3-10,13,15-16H,11-12H2,1-2H3,(H,38,39). The average molecular weight is 542 g/mol. The Balaban J connectivity index is 1.31. The van der Waals surface area contributed by atoms with Gasteiger partial charge in [0.05, 0.1) is 36.7 Å². The highest BCUT2D eigenvalue weighted by Gasteiger charge is 2.30. The van der Waals surface area contributed by atoms with Crippen LogP contribution in [0, 0.1) is 17.1 Å². The molecule has 0 atom stereocenters. The molecular weight excluding hydrogens is 519 g/mol. The van der Waals surface area contributed by atoms with Crippen molar-refractivity contribution in [2.45, 2.75) is 25.7 Å². The first-order chi connectivity index (χ1) is 19.1. The lowest BCUT2D eigenvalue weighted by molar-refractivity contribution is -0.115. The third-order valence-corrected chi connectivity index (χ3v) is 6.48. The van der Waals surface area contributed by atoms with Crippen LogP contribution in [0.5, 0.6) is 5.88 Å². The molecule has 40 heavy (non-hydrogen) atoms. The van der Waals surface area contributed by atoms with Crippen LogP contribution in [-0.4, -0.2) is 28.0 Å². The lowest BCUT2D eigenvalue weighted by atomic mass is 10.0. The molecule has 10 heteroatoms. The largest absolute Gasteiger partial charge is 0.481 e. The third kappa shape index (κ3) is 5.54. The Labute approximate surface area is 228 Å². The second kappa shape index (κ2) is 10.6. The highest BCUT2D eigenvalue weighted by atomic mass is 19.3. The van der Waals surface area contributed by atoms with Crippen LogP contribution in [0.15, 0.2) is 61.1 Å². The van der Waals surface area contributed by atoms with Crippen LogP contribution in [0.4, 0.5) is 18.9 Å². The van der Waals surface area contributed by atoms with Gasteiger partial charge in [-0.05, 0) is 64.2 Å². The summed E-state index contributed by atoms with van der Waals surface area (Å²) in [4.78, 5) is 24.9. The molecule has 4 aromatic rings. The molecule has 0 radical (unpaired) electrons. The van der Waals surface area contributed by atoms with Crippen LogP contribution in [0.25, 0.3) is 22.8 Å². The molecule has 0 unspecified atom stereocenters. The van der Waals surface area contributed by atoms with Gasteiger partial charge in [0.15, 0.2) is 0 Å². The third-order valence-electron chi connectivity index (χ3n) is 6.48. The number of hydrogen-bond donors (Lipinski definition) is 1. The molecular formula is C30H22F3N5O2. The van der Waals surface area contributed by atoms with Crippen molar-refractivity contribution in [2.75, 3.05) is 12.4 Å². The Morgan fingerprint density at radius 3 is 2.62 bits per heavy atom. The van der Waals surface area contributed by atoms with Gasteiger partial charge in [0.2, 0.25) is 11.8 Å². The highest BCUT2D eigenvalue weighted by Crippen LogP contribution is 2.35. The summed E-state index contributed by atoms with van der Waals surface area (Å²) in [5, 5.41) is 11.6. The van der Waals surface area contributed by atoms with Gasteiger partial charge in [-0.25, -0.2) is 23.1 Å². The predicted molar refractivity (Wildman–Crippen MR) is 143 cm³/mol. The van der Waals surface area contributed by atoms with Gasteiger partial charge in [-0.1, -0.05) is 12.1 Å². The van der Waals surface area contributed by atoms with Crippen LogP contribution in [-0.2, 0) is 23.6 Å². The number of pyridine rings is 3. The number of alkyl halides is 2. The van der Waals surface area contributed by atoms with Crippen molar-refractivity contribution in [1.29, 1.82) is 5.26 Å². The fourth-order valence-electron chi connectivity index (χ4n) is 4.48. The number of nitriles is 1. The molecule has 0 aliphatic heterocycles. The van der Waals surface area contributed by atoms with Gasteiger partial charge in [-0.15, -0.1) is 0 Å². The molecule has 0 spiro atoms. The number of methoxy groups -OCH3 is 1. The number of benzene rings is 1. The van der Waals surface area contributed by atoms with Crippen molar-refractivity contribution < 1.29 is 22.7 Å². The number of carbonyl (C=O) groups excluding carboxylic acids is 1. The highest BCUT2D eigenvalue weighted by molar-refractivity contribution is 5.92. The molecule has 1 aromatic carbocycles. The van der Waals surface area contributed by atoms with Gasteiger partial charge >= 0.3 is 0 Å². The first kappa shape index (κ1) is 26.6. The Morgan fingerprint density at radius 1 is 1.07 bits per heavy atom. The smallest absolute Gasteiger partial charge is 0.275 e. The molecule has 1 N–H and O–H groups in total. The van der Waals surface area contributed by atoms with Crippen LogP contribution in [0.2, 0.25) is 0 Å². The zero-order chi connectivity index (χ0) is 28.4. The minimum atomic E-state index is -3.23. The normalized spacial score (nSPS) is 12.3. The average Bonchev–Trinajstić information content (AvgIpc) is 3.37. The van der Waals surface area contributed by atoms with Crippen molar-refractivity contribution in [3.05, 3.63) is 101 Å². The van der Waals surface area contributed by atoms with Crippen molar-refractivity contribution in [2.24, 2.45) is 0 Å². The van der Waals surface area contributed by atoms with Crippen LogP contribution in [0.1, 0.15) is 40.6 Å². The van der Waals surface area contributed by atoms with E-state index in [1.165, 1.54) is 25.4 Å². The number of hydrogen-bond acceptors (Lipinski definition) is 6. The molecule has 3 aromatic heterocycles. The van der Waals surface area contributed by atoms with E-state index in [2.05, 4.69) is 20.3 Å². The van der Waals surface area contributed by atoms with Gasteiger partial charge in [-0.2, -0.15) is 5.26 Å². The zero-order valence-corrected chi connectivity index (χ0v) is 21.5. The van der Waals surface area contributed by atoms with Gasteiger partial charge in [0.1, 0.15) is 17.6 Å². The molecule has 5 rings (SSSR count). The maximum atomic E-state index is 15.0. The van der Waals surface area contributed by atoms with Crippen LogP contribution >= 0.6 is 0 Å². The number of anilines is 1. The molecule has 1 aliphatic carbocycles. The molecule has 0 bridgehead atoms. The van der Waals surface area contributed by atoms with Crippen LogP contribution in [0.3, 0.4) is 0 Å². The molecule has 1 aliphatic rings. The zero-order valence-electron chi connectivity index (χ0n) is 21.5. The van der Waals surface area contributed by atoms with E-state index in [4.69, 9.17) is 10.00 Å². The molecule has 1 amide bonds. The van der Waals surface area contributed by atoms with Gasteiger partial charge < -0.3 is 10.1 Å². The summed E-state index contributed by atoms with van der Waals surface area (Å²) in [5.74, 6) is -4.65. The number of ether oxygens (including phenoxy) is 1. The van der Waals surface area contributed by atoms with E-state index in [1.807, 2.05) is 24.3 Å². The predicted octanol–water partition coefficient (Wildman–Crippen LogP) is 5.95. The Morgan fingerprint density at radius 2 is 1.90 bits per heavy atom. The van der Waals surface area contributed by atoms with Crippen molar-refractivity contribution in [3.8, 4) is 23.1 Å². The number of carbonyl (C=O) groups is 1. The van der Waals surface area contributed by atoms with Crippen molar-refractivity contribution in [3.63, 3.8) is 0 Å². The fraction of sp³-hybridized carbons (Fsp3) is 0.167. The monoisotopic (exact) mass is 541 g/mol. The minimum absolute atomic E-state index is 0.0478. The number of halogens is 3. The summed E-state index contributed by atoms with van der Waals surface area (Å²) in [5.41, 5.74) is 5.02. The summed E-state index contributed by atoms with van der Waals surface area (Å²) in [6.45, 7) is 0.702. The first-order valence-electron chi connectivity index (χ1n) is 12.2. The molecule has 7 nitrogen and oxygen atoms in total. The Bertz CT molecular complexity index is 1710. The number of allylic oxidation sites excluding steroid dienone is 1. The summed E-state index contributed by atoms with van der Waals surface area (Å²) in [7, 11) is 1.23. The van der Waals surface area contributed by atoms with E-state index in [1.54, 1.807) is 24.5 Å². The van der Waals surface area contributed by atoms with E-state index in [0.717, 1.165) is 28.5 Å². The van der Waals surface area contributed by atoms with E-state index < -0.39 is 23.2 Å². The minimum Gasteiger partial charge on any atom is -0.481 e. The van der Waals surface area contributed by atoms with Crippen molar-refractivity contribution >= 4 is 23.2 Å². The molecule has 0 saturated heterocycles. The summed E-state index contributed by atoms with van der Waals surface area (Å²) in [6.07, 6.45) is 6.75. The number of fused-ring (bicyclic) bond motifs is 1. The number of nitrogens with zero attached hydrogens (tertiary/aromatic N) is 4. The second-order valence-corrected chi connectivity index (χ2v) is 9.35. The maximum absolute atomic E-state index is 15.0. The van der Waals surface area contributed by atoms with E-state index in [9.17, 15) is 13.6 Å². The molecule has 200 valence electrons. The lowest BCUT2D eigenvalue weighted by Crippen LogP contribution is -2.17. The fourth-order valence-corrected chi connectivity index (χ4v) is 4.48. The van der Waals surface area contributed by atoms with E-state index in [0.29, 0.717) is 30.2 Å². The van der Waals surface area contributed by atoms with Gasteiger partial charge in [0, 0.05) is 31.3 Å². The summed E-state index contributed by atoms with van der Waals surface area (Å²) in [6, 6.07) is 13.1. The number of amides is 1. The van der Waals surface area contributed by atoms with E-state index in [-0.39, 0.29) is 23.6 Å². The maximum Gasteiger partial charge on any atom is 0.275 e. The summed E-state index contributed by atoms with van der Waals surface area (Å²) < 4.78 is 47.7. The Kier molecular flexibility index (Phi) is 7.05. The Hall–Kier alpha value is -5.04. The topological polar surface area (TPSA) is 101 Å².